The zero-order chi connectivity index (χ0) is 15.5. The van der Waals surface area contributed by atoms with E-state index in [1.807, 2.05) is 13.8 Å². The van der Waals surface area contributed by atoms with Crippen LogP contribution >= 0.6 is 0 Å². The van der Waals surface area contributed by atoms with Gasteiger partial charge in [-0.1, -0.05) is 13.8 Å². The summed E-state index contributed by atoms with van der Waals surface area (Å²) in [6, 6.07) is 2.43. The first kappa shape index (κ1) is 16.9. The molecule has 1 aromatic rings. The maximum atomic E-state index is 13.9. The van der Waals surface area contributed by atoms with Gasteiger partial charge in [0.05, 0.1) is 6.10 Å². The zero-order valence-electron chi connectivity index (χ0n) is 11.9. The largest absolute Gasteiger partial charge is 0.399 e. The van der Waals surface area contributed by atoms with Gasteiger partial charge in [-0.15, -0.1) is 0 Å². The van der Waals surface area contributed by atoms with Crippen LogP contribution in [0.15, 0.2) is 17.0 Å². The van der Waals surface area contributed by atoms with Crippen LogP contribution in [0.4, 0.5) is 10.1 Å². The van der Waals surface area contributed by atoms with Crippen molar-refractivity contribution in [2.24, 2.45) is 5.92 Å². The summed E-state index contributed by atoms with van der Waals surface area (Å²) >= 11 is 0. The number of benzene rings is 1. The molecule has 1 aromatic carbocycles. The molecule has 0 aliphatic carbocycles. The van der Waals surface area contributed by atoms with E-state index >= 15 is 0 Å². The standard InChI is InChI=1S/C13H21FN2O3S/c1-8(2)4-11(17)7-16-20(18,19)12-6-10(15)5-9(3)13(12)14/h5-6,8,11,16-17H,4,7,15H2,1-3H3. The number of sulfonamides is 1. The van der Waals surface area contributed by atoms with Gasteiger partial charge in [0.2, 0.25) is 10.0 Å². The second kappa shape index (κ2) is 6.51. The van der Waals surface area contributed by atoms with Gasteiger partial charge in [-0.05, 0) is 37.0 Å². The predicted molar refractivity (Wildman–Crippen MR) is 76.2 cm³/mol. The Kier molecular flexibility index (Phi) is 5.50. The molecule has 0 amide bonds. The van der Waals surface area contributed by atoms with E-state index in [2.05, 4.69) is 4.72 Å². The lowest BCUT2D eigenvalue weighted by Gasteiger charge is -2.15. The Bertz CT molecular complexity index is 573. The van der Waals surface area contributed by atoms with Gasteiger partial charge in [-0.3, -0.25) is 0 Å². The van der Waals surface area contributed by atoms with Gasteiger partial charge in [0.1, 0.15) is 10.7 Å². The van der Waals surface area contributed by atoms with Gasteiger partial charge >= 0.3 is 0 Å². The highest BCUT2D eigenvalue weighted by Crippen LogP contribution is 2.21. The van der Waals surface area contributed by atoms with Crippen LogP contribution in [0, 0.1) is 18.7 Å². The Hall–Kier alpha value is -1.18. The van der Waals surface area contributed by atoms with E-state index in [0.717, 1.165) is 6.07 Å². The minimum atomic E-state index is -4.03. The van der Waals surface area contributed by atoms with E-state index in [4.69, 9.17) is 5.73 Å². The molecule has 0 radical (unpaired) electrons. The Morgan fingerprint density at radius 2 is 2.00 bits per heavy atom. The van der Waals surface area contributed by atoms with Gasteiger partial charge in [0, 0.05) is 12.2 Å². The summed E-state index contributed by atoms with van der Waals surface area (Å²) < 4.78 is 40.1. The molecule has 0 spiro atoms. The third-order valence-corrected chi connectivity index (χ3v) is 4.21. The number of halogens is 1. The Morgan fingerprint density at radius 3 is 2.55 bits per heavy atom. The van der Waals surface area contributed by atoms with Crippen LogP contribution in [0.1, 0.15) is 25.8 Å². The van der Waals surface area contributed by atoms with Crippen molar-refractivity contribution in [1.82, 2.24) is 4.72 Å². The molecule has 0 fully saturated rings. The molecule has 0 aliphatic heterocycles. The monoisotopic (exact) mass is 304 g/mol. The van der Waals surface area contributed by atoms with Crippen LogP contribution < -0.4 is 10.5 Å². The van der Waals surface area contributed by atoms with E-state index in [-0.39, 0.29) is 23.7 Å². The van der Waals surface area contributed by atoms with Gasteiger partial charge in [-0.25, -0.2) is 17.5 Å². The summed E-state index contributed by atoms with van der Waals surface area (Å²) in [5.74, 6) is -0.592. The van der Waals surface area contributed by atoms with Crippen LogP contribution in [-0.2, 0) is 10.0 Å². The number of nitrogen functional groups attached to an aromatic ring is 1. The minimum absolute atomic E-state index is 0.159. The lowest BCUT2D eigenvalue weighted by atomic mass is 10.1. The molecule has 0 saturated heterocycles. The highest BCUT2D eigenvalue weighted by Gasteiger charge is 2.22. The van der Waals surface area contributed by atoms with Crippen LogP contribution in [-0.4, -0.2) is 26.2 Å². The van der Waals surface area contributed by atoms with E-state index in [1.165, 1.54) is 13.0 Å². The zero-order valence-corrected chi connectivity index (χ0v) is 12.7. The fourth-order valence-corrected chi connectivity index (χ4v) is 3.13. The molecule has 0 aliphatic rings. The molecular formula is C13H21FN2O3S. The Morgan fingerprint density at radius 1 is 1.40 bits per heavy atom. The van der Waals surface area contributed by atoms with Crippen LogP contribution in [0.5, 0.6) is 0 Å². The van der Waals surface area contributed by atoms with Crippen molar-refractivity contribution >= 4 is 15.7 Å². The SMILES string of the molecule is Cc1cc(N)cc(S(=O)(=O)NCC(O)CC(C)C)c1F. The van der Waals surface area contributed by atoms with Crippen molar-refractivity contribution in [3.63, 3.8) is 0 Å². The maximum Gasteiger partial charge on any atom is 0.243 e. The fourth-order valence-electron chi connectivity index (χ4n) is 1.87. The fraction of sp³-hybridized carbons (Fsp3) is 0.538. The molecule has 114 valence electrons. The molecule has 1 unspecified atom stereocenters. The number of anilines is 1. The molecular weight excluding hydrogens is 283 g/mol. The number of nitrogens with one attached hydrogen (secondary N) is 1. The molecule has 0 saturated carbocycles. The van der Waals surface area contributed by atoms with Crippen molar-refractivity contribution in [1.29, 1.82) is 0 Å². The minimum Gasteiger partial charge on any atom is -0.399 e. The number of aliphatic hydroxyl groups excluding tert-OH is 1. The first-order valence-electron chi connectivity index (χ1n) is 6.37. The molecule has 1 rings (SSSR count). The van der Waals surface area contributed by atoms with E-state index in [0.29, 0.717) is 6.42 Å². The van der Waals surface area contributed by atoms with E-state index in [1.54, 1.807) is 0 Å². The third-order valence-electron chi connectivity index (χ3n) is 2.79. The smallest absolute Gasteiger partial charge is 0.243 e. The lowest BCUT2D eigenvalue weighted by Crippen LogP contribution is -2.33. The number of rotatable bonds is 6. The van der Waals surface area contributed by atoms with E-state index < -0.39 is 26.8 Å². The van der Waals surface area contributed by atoms with Crippen molar-refractivity contribution in [3.8, 4) is 0 Å². The first-order valence-corrected chi connectivity index (χ1v) is 7.85. The molecule has 20 heavy (non-hydrogen) atoms. The van der Waals surface area contributed by atoms with Crippen molar-refractivity contribution in [2.45, 2.75) is 38.2 Å². The quantitative estimate of drug-likeness (QED) is 0.693. The predicted octanol–water partition coefficient (Wildman–Crippen LogP) is 1.40. The summed E-state index contributed by atoms with van der Waals surface area (Å²) in [5, 5.41) is 9.66. The second-order valence-corrected chi connectivity index (χ2v) is 7.02. The van der Waals surface area contributed by atoms with Gasteiger partial charge in [-0.2, -0.15) is 0 Å². The Balaban J connectivity index is 2.90. The summed E-state index contributed by atoms with van der Waals surface area (Å²) in [5.41, 5.74) is 5.87. The van der Waals surface area contributed by atoms with Crippen LogP contribution in [0.25, 0.3) is 0 Å². The Labute approximate surface area is 119 Å². The summed E-state index contributed by atoms with van der Waals surface area (Å²) in [6.07, 6.45) is -0.351. The van der Waals surface area contributed by atoms with Crippen LogP contribution in [0.2, 0.25) is 0 Å². The number of hydrogen-bond donors (Lipinski definition) is 3. The van der Waals surface area contributed by atoms with Gasteiger partial charge in [0.25, 0.3) is 0 Å². The third kappa shape index (κ3) is 4.43. The van der Waals surface area contributed by atoms with Gasteiger partial charge < -0.3 is 10.8 Å². The molecule has 4 N–H and O–H groups in total. The van der Waals surface area contributed by atoms with Crippen molar-refractivity contribution < 1.29 is 17.9 Å². The number of nitrogens with two attached hydrogens (primary N) is 1. The summed E-state index contributed by atoms with van der Waals surface area (Å²) in [7, 11) is -4.03. The highest BCUT2D eigenvalue weighted by atomic mass is 32.2. The molecule has 7 heteroatoms. The highest BCUT2D eigenvalue weighted by molar-refractivity contribution is 7.89. The maximum absolute atomic E-state index is 13.9. The lowest BCUT2D eigenvalue weighted by molar-refractivity contribution is 0.152. The van der Waals surface area contributed by atoms with Gasteiger partial charge in [0.15, 0.2) is 0 Å². The number of aliphatic hydroxyl groups is 1. The molecule has 1 atom stereocenters. The molecule has 5 nitrogen and oxygen atoms in total. The average Bonchev–Trinajstić information content (AvgIpc) is 2.30. The number of aryl methyl sites for hydroxylation is 1. The topological polar surface area (TPSA) is 92.4 Å². The van der Waals surface area contributed by atoms with Crippen molar-refractivity contribution in [3.05, 3.63) is 23.5 Å². The molecule has 0 bridgehead atoms. The molecule has 0 aromatic heterocycles. The number of hydrogen-bond acceptors (Lipinski definition) is 4. The summed E-state index contributed by atoms with van der Waals surface area (Å²) in [4.78, 5) is -0.494. The average molecular weight is 304 g/mol. The normalized spacial score (nSPS) is 13.7. The second-order valence-electron chi connectivity index (χ2n) is 5.29. The first-order chi connectivity index (χ1) is 9.13. The van der Waals surface area contributed by atoms with Crippen LogP contribution in [0.3, 0.4) is 0 Å². The van der Waals surface area contributed by atoms with Crippen molar-refractivity contribution in [2.75, 3.05) is 12.3 Å². The molecule has 0 heterocycles. The summed E-state index contributed by atoms with van der Waals surface area (Å²) in [6.45, 7) is 5.11. The van der Waals surface area contributed by atoms with E-state index in [9.17, 15) is 17.9 Å².